The molecule has 0 spiro atoms. The van der Waals surface area contributed by atoms with Crippen LogP contribution in [0.25, 0.3) is 0 Å². The van der Waals surface area contributed by atoms with Crippen LogP contribution in [0.5, 0.6) is 0 Å². The molecule has 0 atom stereocenters. The third-order valence-corrected chi connectivity index (χ3v) is 3.36. The van der Waals surface area contributed by atoms with Gasteiger partial charge >= 0.3 is 5.97 Å². The molecule has 20 heavy (non-hydrogen) atoms. The molecule has 0 fully saturated rings. The molecular formula is C17H19NO2. The summed E-state index contributed by atoms with van der Waals surface area (Å²) in [5.41, 5.74) is 3.38. The monoisotopic (exact) mass is 269 g/mol. The normalized spacial score (nSPS) is 10.2. The fourth-order valence-electron chi connectivity index (χ4n) is 2.22. The van der Waals surface area contributed by atoms with Gasteiger partial charge in [0.15, 0.2) is 0 Å². The highest BCUT2D eigenvalue weighted by molar-refractivity contribution is 5.91. The highest BCUT2D eigenvalue weighted by Gasteiger charge is 2.09. The van der Waals surface area contributed by atoms with Crippen LogP contribution in [0.1, 0.15) is 27.9 Å². The lowest BCUT2D eigenvalue weighted by atomic mass is 10.1. The summed E-state index contributed by atoms with van der Waals surface area (Å²) >= 11 is 0. The van der Waals surface area contributed by atoms with E-state index in [4.69, 9.17) is 5.11 Å². The first kappa shape index (κ1) is 14.1. The summed E-state index contributed by atoms with van der Waals surface area (Å²) < 4.78 is 0. The summed E-state index contributed by atoms with van der Waals surface area (Å²) in [5.74, 6) is -0.879. The summed E-state index contributed by atoms with van der Waals surface area (Å²) in [6.07, 6.45) is 2.03. The van der Waals surface area contributed by atoms with Crippen molar-refractivity contribution in [2.24, 2.45) is 0 Å². The number of aryl methyl sites for hydroxylation is 1. The number of carboxylic acid groups (broad SMARTS) is 1. The molecule has 0 saturated heterocycles. The zero-order valence-electron chi connectivity index (χ0n) is 11.6. The van der Waals surface area contributed by atoms with Crippen molar-refractivity contribution >= 4 is 11.7 Å². The molecule has 2 aromatic carbocycles. The van der Waals surface area contributed by atoms with E-state index in [1.807, 2.05) is 31.2 Å². The number of carboxylic acids is 1. The number of carbonyl (C=O) groups is 1. The van der Waals surface area contributed by atoms with Crippen LogP contribution in [0.3, 0.4) is 0 Å². The Kier molecular flexibility index (Phi) is 4.77. The molecule has 0 aromatic heterocycles. The fraction of sp³-hybridized carbons (Fsp3) is 0.235. The van der Waals surface area contributed by atoms with E-state index in [-0.39, 0.29) is 0 Å². The van der Waals surface area contributed by atoms with Gasteiger partial charge in [0.25, 0.3) is 0 Å². The van der Waals surface area contributed by atoms with Crippen molar-refractivity contribution in [1.82, 2.24) is 0 Å². The Labute approximate surface area is 119 Å². The van der Waals surface area contributed by atoms with Gasteiger partial charge in [-0.3, -0.25) is 0 Å². The Morgan fingerprint density at radius 3 is 2.55 bits per heavy atom. The zero-order valence-corrected chi connectivity index (χ0v) is 11.6. The third-order valence-electron chi connectivity index (χ3n) is 3.36. The maximum Gasteiger partial charge on any atom is 0.336 e. The lowest BCUT2D eigenvalue weighted by molar-refractivity contribution is 0.0696. The standard InChI is InChI=1S/C17H19NO2/c1-13-15(17(19)20)10-5-11-16(13)18-12-6-9-14-7-3-2-4-8-14/h2-5,7-8,10-11,18H,6,9,12H2,1H3,(H,19,20). The Morgan fingerprint density at radius 2 is 1.85 bits per heavy atom. The van der Waals surface area contributed by atoms with Gasteiger partial charge in [-0.1, -0.05) is 36.4 Å². The van der Waals surface area contributed by atoms with Crippen molar-refractivity contribution in [1.29, 1.82) is 0 Å². The van der Waals surface area contributed by atoms with Crippen molar-refractivity contribution in [2.75, 3.05) is 11.9 Å². The number of hydrogen-bond donors (Lipinski definition) is 2. The Morgan fingerprint density at radius 1 is 1.10 bits per heavy atom. The van der Waals surface area contributed by atoms with E-state index in [1.54, 1.807) is 12.1 Å². The largest absolute Gasteiger partial charge is 0.478 e. The summed E-state index contributed by atoms with van der Waals surface area (Å²) in [6, 6.07) is 15.7. The number of aromatic carboxylic acids is 1. The predicted octanol–water partition coefficient (Wildman–Crippen LogP) is 3.74. The summed E-state index contributed by atoms with van der Waals surface area (Å²) in [4.78, 5) is 11.1. The topological polar surface area (TPSA) is 49.3 Å². The van der Waals surface area contributed by atoms with Gasteiger partial charge in [0.2, 0.25) is 0 Å². The van der Waals surface area contributed by atoms with E-state index in [0.717, 1.165) is 30.6 Å². The summed E-state index contributed by atoms with van der Waals surface area (Å²) in [6.45, 7) is 2.67. The van der Waals surface area contributed by atoms with E-state index in [1.165, 1.54) is 5.56 Å². The molecule has 2 N–H and O–H groups in total. The van der Waals surface area contributed by atoms with Crippen LogP contribution < -0.4 is 5.32 Å². The van der Waals surface area contributed by atoms with E-state index in [0.29, 0.717) is 5.56 Å². The van der Waals surface area contributed by atoms with Crippen LogP contribution in [-0.2, 0) is 6.42 Å². The van der Waals surface area contributed by atoms with Gasteiger partial charge in [0.05, 0.1) is 5.56 Å². The van der Waals surface area contributed by atoms with Crippen LogP contribution in [0.4, 0.5) is 5.69 Å². The lowest BCUT2D eigenvalue weighted by Crippen LogP contribution is -2.07. The van der Waals surface area contributed by atoms with E-state index in [9.17, 15) is 4.79 Å². The van der Waals surface area contributed by atoms with Crippen LogP contribution in [0, 0.1) is 6.92 Å². The second-order valence-electron chi connectivity index (χ2n) is 4.80. The fourth-order valence-corrected chi connectivity index (χ4v) is 2.22. The van der Waals surface area contributed by atoms with E-state index >= 15 is 0 Å². The predicted molar refractivity (Wildman–Crippen MR) is 81.4 cm³/mol. The maximum atomic E-state index is 11.1. The molecule has 0 heterocycles. The minimum Gasteiger partial charge on any atom is -0.478 e. The molecule has 0 aliphatic heterocycles. The van der Waals surface area contributed by atoms with Gasteiger partial charge in [-0.25, -0.2) is 4.79 Å². The van der Waals surface area contributed by atoms with Gasteiger partial charge in [0.1, 0.15) is 0 Å². The third kappa shape index (κ3) is 3.60. The molecule has 0 bridgehead atoms. The number of hydrogen-bond acceptors (Lipinski definition) is 2. The zero-order chi connectivity index (χ0) is 14.4. The molecule has 0 saturated carbocycles. The molecule has 0 aliphatic carbocycles. The SMILES string of the molecule is Cc1c(NCCCc2ccccc2)cccc1C(=O)O. The highest BCUT2D eigenvalue weighted by atomic mass is 16.4. The van der Waals surface area contributed by atoms with Crippen LogP contribution in [0.15, 0.2) is 48.5 Å². The Balaban J connectivity index is 1.88. The van der Waals surface area contributed by atoms with Gasteiger partial charge in [-0.05, 0) is 43.0 Å². The second kappa shape index (κ2) is 6.75. The summed E-state index contributed by atoms with van der Waals surface area (Å²) in [5, 5.41) is 12.4. The van der Waals surface area contributed by atoms with Crippen molar-refractivity contribution in [2.45, 2.75) is 19.8 Å². The quantitative estimate of drug-likeness (QED) is 0.785. The number of nitrogens with one attached hydrogen (secondary N) is 1. The molecule has 0 radical (unpaired) electrons. The van der Waals surface area contributed by atoms with Gasteiger partial charge in [0, 0.05) is 12.2 Å². The summed E-state index contributed by atoms with van der Waals surface area (Å²) in [7, 11) is 0. The highest BCUT2D eigenvalue weighted by Crippen LogP contribution is 2.19. The molecule has 0 amide bonds. The average Bonchev–Trinajstić information content (AvgIpc) is 2.46. The van der Waals surface area contributed by atoms with Gasteiger partial charge in [-0.2, -0.15) is 0 Å². The maximum absolute atomic E-state index is 11.1. The van der Waals surface area contributed by atoms with Crippen molar-refractivity contribution in [3.63, 3.8) is 0 Å². The number of anilines is 1. The Bertz CT molecular complexity index is 579. The van der Waals surface area contributed by atoms with Crippen LogP contribution in [-0.4, -0.2) is 17.6 Å². The molecule has 104 valence electrons. The first-order valence-electron chi connectivity index (χ1n) is 6.79. The molecule has 0 unspecified atom stereocenters. The van der Waals surface area contributed by atoms with Crippen LogP contribution in [0.2, 0.25) is 0 Å². The molecule has 0 aliphatic rings. The van der Waals surface area contributed by atoms with Crippen molar-refractivity contribution in [3.8, 4) is 0 Å². The lowest BCUT2D eigenvalue weighted by Gasteiger charge is -2.11. The van der Waals surface area contributed by atoms with Gasteiger partial charge in [-0.15, -0.1) is 0 Å². The van der Waals surface area contributed by atoms with Crippen molar-refractivity contribution in [3.05, 3.63) is 65.2 Å². The smallest absolute Gasteiger partial charge is 0.336 e. The molecule has 3 heteroatoms. The number of rotatable bonds is 6. The minimum absolute atomic E-state index is 0.359. The minimum atomic E-state index is -0.879. The first-order chi connectivity index (χ1) is 9.68. The average molecular weight is 269 g/mol. The number of benzene rings is 2. The van der Waals surface area contributed by atoms with E-state index < -0.39 is 5.97 Å². The Hall–Kier alpha value is -2.29. The second-order valence-corrected chi connectivity index (χ2v) is 4.80. The first-order valence-corrected chi connectivity index (χ1v) is 6.79. The molecule has 3 nitrogen and oxygen atoms in total. The molecule has 2 rings (SSSR count). The molecular weight excluding hydrogens is 250 g/mol. The molecule has 2 aromatic rings. The van der Waals surface area contributed by atoms with Crippen LogP contribution >= 0.6 is 0 Å². The van der Waals surface area contributed by atoms with E-state index in [2.05, 4.69) is 17.4 Å². The van der Waals surface area contributed by atoms with Gasteiger partial charge < -0.3 is 10.4 Å². The van der Waals surface area contributed by atoms with Crippen molar-refractivity contribution < 1.29 is 9.90 Å².